The van der Waals surface area contributed by atoms with E-state index >= 15 is 0 Å². The lowest BCUT2D eigenvalue weighted by atomic mass is 10.1. The lowest BCUT2D eigenvalue weighted by Crippen LogP contribution is -2.12. The van der Waals surface area contributed by atoms with Crippen molar-refractivity contribution in [2.45, 2.75) is 13.2 Å². The minimum atomic E-state index is -3.03. The number of ether oxygens (including phenoxy) is 1. The van der Waals surface area contributed by atoms with Gasteiger partial charge in [-0.2, -0.15) is 19.0 Å². The molecule has 8 nitrogen and oxygen atoms in total. The molecule has 0 aliphatic heterocycles. The second kappa shape index (κ2) is 8.98. The van der Waals surface area contributed by atoms with Crippen LogP contribution < -0.4 is 10.1 Å². The minimum Gasteiger partial charge on any atom is -0.434 e. The Bertz CT molecular complexity index is 1250. The molecule has 4 aromatic rings. The molecular formula is C19H14BrClF2N6O2. The summed E-state index contributed by atoms with van der Waals surface area (Å²) in [5.41, 5.74) is 1.36. The summed E-state index contributed by atoms with van der Waals surface area (Å²) in [4.78, 5) is 17.1. The highest BCUT2D eigenvalue weighted by Crippen LogP contribution is 2.37. The fourth-order valence-electron chi connectivity index (χ4n) is 2.98. The summed E-state index contributed by atoms with van der Waals surface area (Å²) < 4.78 is 33.5. The van der Waals surface area contributed by atoms with Crippen molar-refractivity contribution in [3.05, 3.63) is 59.6 Å². The largest absolute Gasteiger partial charge is 0.434 e. The molecule has 0 unspecified atom stereocenters. The highest BCUT2D eigenvalue weighted by Gasteiger charge is 2.22. The van der Waals surface area contributed by atoms with E-state index in [1.165, 1.54) is 28.9 Å². The van der Waals surface area contributed by atoms with Crippen molar-refractivity contribution in [2.75, 3.05) is 10.6 Å². The zero-order chi connectivity index (χ0) is 22.0. The lowest BCUT2D eigenvalue weighted by molar-refractivity contribution is -0.0494. The van der Waals surface area contributed by atoms with Crippen molar-refractivity contribution in [3.63, 3.8) is 0 Å². The van der Waals surface area contributed by atoms with Crippen molar-refractivity contribution in [1.82, 2.24) is 24.4 Å². The van der Waals surface area contributed by atoms with Crippen LogP contribution in [0.1, 0.15) is 10.4 Å². The van der Waals surface area contributed by atoms with E-state index in [4.69, 9.17) is 11.6 Å². The van der Waals surface area contributed by atoms with Crippen LogP contribution in [0.4, 0.5) is 14.5 Å². The number of alkyl halides is 3. The Morgan fingerprint density at radius 2 is 2.19 bits per heavy atom. The molecule has 3 aromatic heterocycles. The first-order chi connectivity index (χ1) is 15.0. The molecule has 0 saturated carbocycles. The van der Waals surface area contributed by atoms with Gasteiger partial charge in [0, 0.05) is 34.5 Å². The van der Waals surface area contributed by atoms with E-state index in [-0.39, 0.29) is 22.6 Å². The molecule has 1 N–H and O–H groups in total. The third-order valence-electron chi connectivity index (χ3n) is 4.26. The summed E-state index contributed by atoms with van der Waals surface area (Å²) in [6.45, 7) is -2.56. The Balaban J connectivity index is 1.76. The number of halogens is 4. The molecule has 3 heterocycles. The number of carbonyl (C=O) groups is 1. The molecule has 31 heavy (non-hydrogen) atoms. The highest BCUT2D eigenvalue weighted by atomic mass is 79.9. The van der Waals surface area contributed by atoms with Crippen LogP contribution in [0, 0.1) is 0 Å². The van der Waals surface area contributed by atoms with Gasteiger partial charge in [-0.3, -0.25) is 9.48 Å². The zero-order valence-corrected chi connectivity index (χ0v) is 18.0. The van der Waals surface area contributed by atoms with Crippen molar-refractivity contribution in [2.24, 2.45) is 0 Å². The van der Waals surface area contributed by atoms with Crippen molar-refractivity contribution in [1.29, 1.82) is 0 Å². The third-order valence-corrected chi connectivity index (χ3v) is 4.85. The van der Waals surface area contributed by atoms with Gasteiger partial charge in [0.2, 0.25) is 0 Å². The molecule has 4 rings (SSSR count). The standard InChI is InChI=1S/C19H14BrClF2N6O2/c20-4-7-28-10-14(26-18(30)13-9-25-29-6-1-5-24-17(13)29)16(27-28)12-8-11(21)2-3-15(12)31-19(22)23/h1-3,5-6,8-10,19H,4,7H2,(H,26,30). The van der Waals surface area contributed by atoms with Crippen molar-refractivity contribution < 1.29 is 18.3 Å². The number of hydrogen-bond acceptors (Lipinski definition) is 5. The normalized spacial score (nSPS) is 11.3. The summed E-state index contributed by atoms with van der Waals surface area (Å²) >= 11 is 9.42. The zero-order valence-electron chi connectivity index (χ0n) is 15.7. The number of amides is 1. The first-order valence-corrected chi connectivity index (χ1v) is 10.4. The van der Waals surface area contributed by atoms with Crippen LogP contribution in [0.3, 0.4) is 0 Å². The van der Waals surface area contributed by atoms with Gasteiger partial charge in [0.05, 0.1) is 18.4 Å². The maximum absolute atomic E-state index is 12.9. The van der Waals surface area contributed by atoms with Crippen LogP contribution in [0.2, 0.25) is 5.02 Å². The summed E-state index contributed by atoms with van der Waals surface area (Å²) in [5, 5.41) is 12.2. The van der Waals surface area contributed by atoms with Gasteiger partial charge in [-0.1, -0.05) is 27.5 Å². The number of nitrogens with zero attached hydrogens (tertiary/aromatic N) is 5. The fraction of sp³-hybridized carbons (Fsp3) is 0.158. The molecule has 160 valence electrons. The first-order valence-electron chi connectivity index (χ1n) is 8.94. The van der Waals surface area contributed by atoms with Gasteiger partial charge in [-0.25, -0.2) is 9.50 Å². The van der Waals surface area contributed by atoms with E-state index < -0.39 is 12.5 Å². The van der Waals surface area contributed by atoms with Gasteiger partial charge in [0.15, 0.2) is 5.65 Å². The molecular weight excluding hydrogens is 498 g/mol. The Morgan fingerprint density at radius 3 is 2.97 bits per heavy atom. The smallest absolute Gasteiger partial charge is 0.387 e. The number of hydrogen-bond donors (Lipinski definition) is 1. The summed E-state index contributed by atoms with van der Waals surface area (Å²) in [7, 11) is 0. The van der Waals surface area contributed by atoms with Crippen LogP contribution in [-0.4, -0.2) is 42.2 Å². The lowest BCUT2D eigenvalue weighted by Gasteiger charge is -2.11. The quantitative estimate of drug-likeness (QED) is 0.369. The number of benzene rings is 1. The first kappa shape index (κ1) is 21.2. The monoisotopic (exact) mass is 510 g/mol. The average molecular weight is 512 g/mol. The van der Waals surface area contributed by atoms with Gasteiger partial charge in [0.25, 0.3) is 5.91 Å². The van der Waals surface area contributed by atoms with Gasteiger partial charge >= 0.3 is 6.61 Å². The minimum absolute atomic E-state index is 0.114. The van der Waals surface area contributed by atoms with E-state index in [0.717, 1.165) is 0 Å². The van der Waals surface area contributed by atoms with E-state index in [2.05, 4.69) is 41.2 Å². The number of rotatable bonds is 7. The Hall–Kier alpha value is -3.05. The molecule has 0 atom stereocenters. The molecule has 0 saturated heterocycles. The second-order valence-electron chi connectivity index (χ2n) is 6.26. The van der Waals surface area contributed by atoms with Crippen LogP contribution in [-0.2, 0) is 6.54 Å². The van der Waals surface area contributed by atoms with Crippen LogP contribution in [0.5, 0.6) is 5.75 Å². The van der Waals surface area contributed by atoms with Crippen LogP contribution in [0.15, 0.2) is 49.1 Å². The second-order valence-corrected chi connectivity index (χ2v) is 7.49. The molecule has 0 bridgehead atoms. The highest BCUT2D eigenvalue weighted by molar-refractivity contribution is 9.09. The number of carbonyl (C=O) groups excluding carboxylic acids is 1. The maximum Gasteiger partial charge on any atom is 0.387 e. The molecule has 0 fully saturated rings. The number of nitrogens with one attached hydrogen (secondary N) is 1. The van der Waals surface area contributed by atoms with E-state index in [0.29, 0.717) is 28.2 Å². The summed E-state index contributed by atoms with van der Waals surface area (Å²) in [6.07, 6.45) is 6.21. The molecule has 0 aliphatic rings. The molecule has 0 radical (unpaired) electrons. The third kappa shape index (κ3) is 4.52. The summed E-state index contributed by atoms with van der Waals surface area (Å²) in [5.74, 6) is -0.594. The van der Waals surface area contributed by atoms with Gasteiger partial charge in [0.1, 0.15) is 17.0 Å². The number of anilines is 1. The van der Waals surface area contributed by atoms with Crippen molar-refractivity contribution >= 4 is 44.8 Å². The number of fused-ring (bicyclic) bond motifs is 1. The maximum atomic E-state index is 12.9. The Morgan fingerprint density at radius 1 is 1.35 bits per heavy atom. The molecule has 1 aromatic carbocycles. The molecule has 0 aliphatic carbocycles. The van der Waals surface area contributed by atoms with E-state index in [1.54, 1.807) is 29.3 Å². The Kier molecular flexibility index (Phi) is 6.14. The Labute approximate surface area is 187 Å². The number of aromatic nitrogens is 5. The average Bonchev–Trinajstić information content (AvgIpc) is 3.33. The van der Waals surface area contributed by atoms with Crippen LogP contribution >= 0.6 is 27.5 Å². The number of aryl methyl sites for hydroxylation is 1. The SMILES string of the molecule is O=C(Nc1cn(CCBr)nc1-c1cc(Cl)ccc1OC(F)F)c1cnn2cccnc12. The van der Waals surface area contributed by atoms with E-state index in [9.17, 15) is 13.6 Å². The van der Waals surface area contributed by atoms with Crippen molar-refractivity contribution in [3.8, 4) is 17.0 Å². The van der Waals surface area contributed by atoms with Gasteiger partial charge in [-0.15, -0.1) is 0 Å². The molecule has 1 amide bonds. The van der Waals surface area contributed by atoms with Gasteiger partial charge < -0.3 is 10.1 Å². The topological polar surface area (TPSA) is 86.3 Å². The summed E-state index contributed by atoms with van der Waals surface area (Å²) in [6, 6.07) is 5.90. The fourth-order valence-corrected chi connectivity index (χ4v) is 3.51. The molecule has 0 spiro atoms. The van der Waals surface area contributed by atoms with Gasteiger partial charge in [-0.05, 0) is 24.3 Å². The van der Waals surface area contributed by atoms with E-state index in [1.807, 2.05) is 0 Å². The predicted octanol–water partition coefficient (Wildman–Crippen LogP) is 4.49. The molecule has 12 heteroatoms. The van der Waals surface area contributed by atoms with Crippen LogP contribution in [0.25, 0.3) is 16.9 Å². The predicted molar refractivity (Wildman–Crippen MR) is 114 cm³/mol.